The number of amides is 1. The monoisotopic (exact) mass is 430 g/mol. The highest BCUT2D eigenvalue weighted by atomic mass is 16.5. The fourth-order valence-electron chi connectivity index (χ4n) is 3.76. The molecule has 1 aliphatic rings. The van der Waals surface area contributed by atoms with Crippen molar-refractivity contribution in [3.8, 4) is 23.0 Å². The molecule has 0 bridgehead atoms. The molecule has 2 N–H and O–H groups in total. The Morgan fingerprint density at radius 2 is 1.52 bits per heavy atom. The normalized spacial score (nSPS) is 14.1. The van der Waals surface area contributed by atoms with E-state index in [0.29, 0.717) is 30.3 Å². The molecular formula is C23H32N3O5+. The van der Waals surface area contributed by atoms with Crippen LogP contribution in [0.2, 0.25) is 0 Å². The summed E-state index contributed by atoms with van der Waals surface area (Å²) in [6, 6.07) is 11.7. The Morgan fingerprint density at radius 3 is 2.10 bits per heavy atom. The molecule has 8 heteroatoms. The van der Waals surface area contributed by atoms with Crippen molar-refractivity contribution >= 4 is 11.6 Å². The summed E-state index contributed by atoms with van der Waals surface area (Å²) in [5.74, 6) is 2.72. The molecule has 3 rings (SSSR count). The van der Waals surface area contributed by atoms with Gasteiger partial charge in [-0.15, -0.1) is 0 Å². The molecule has 1 fully saturated rings. The second kappa shape index (κ2) is 10.8. The van der Waals surface area contributed by atoms with E-state index in [1.54, 1.807) is 34.5 Å². The summed E-state index contributed by atoms with van der Waals surface area (Å²) >= 11 is 0. The molecule has 8 nitrogen and oxygen atoms in total. The molecule has 0 saturated carbocycles. The zero-order chi connectivity index (χ0) is 22.2. The molecule has 0 radical (unpaired) electrons. The van der Waals surface area contributed by atoms with Gasteiger partial charge < -0.3 is 34.1 Å². The molecule has 31 heavy (non-hydrogen) atoms. The van der Waals surface area contributed by atoms with Crippen LogP contribution in [0.4, 0.5) is 5.69 Å². The third-order valence-electron chi connectivity index (χ3n) is 5.58. The standard InChI is InChI=1S/C23H31N3O5/c1-28-19-7-5-18(6-8-19)26-11-9-25(10-12-26)16-23(27)24-15-17-13-21(30-3)22(31-4)14-20(17)29-2/h5-8,13-14H,9-12,15-16H2,1-4H3,(H,24,27)/p+1. The quantitative estimate of drug-likeness (QED) is 0.612. The maximum Gasteiger partial charge on any atom is 0.275 e. The summed E-state index contributed by atoms with van der Waals surface area (Å²) in [7, 11) is 6.43. The van der Waals surface area contributed by atoms with Gasteiger partial charge in [-0.1, -0.05) is 0 Å². The first-order chi connectivity index (χ1) is 15.1. The van der Waals surface area contributed by atoms with Gasteiger partial charge in [0.25, 0.3) is 5.91 Å². The fraction of sp³-hybridized carbons (Fsp3) is 0.435. The van der Waals surface area contributed by atoms with Gasteiger partial charge in [-0.25, -0.2) is 0 Å². The van der Waals surface area contributed by atoms with E-state index in [0.717, 1.165) is 37.5 Å². The number of nitrogens with one attached hydrogen (secondary N) is 2. The summed E-state index contributed by atoms with van der Waals surface area (Å²) in [5, 5.41) is 3.00. The number of rotatable bonds is 9. The lowest BCUT2D eigenvalue weighted by Gasteiger charge is -2.33. The molecule has 1 aliphatic heterocycles. The van der Waals surface area contributed by atoms with Crippen molar-refractivity contribution in [1.29, 1.82) is 0 Å². The Balaban J connectivity index is 1.49. The zero-order valence-corrected chi connectivity index (χ0v) is 18.7. The number of quaternary nitrogens is 1. The number of methoxy groups -OCH3 is 4. The van der Waals surface area contributed by atoms with Gasteiger partial charge >= 0.3 is 0 Å². The molecule has 2 aromatic rings. The number of benzene rings is 2. The highest BCUT2D eigenvalue weighted by Gasteiger charge is 2.22. The van der Waals surface area contributed by atoms with Crippen LogP contribution in [0.15, 0.2) is 36.4 Å². The molecule has 168 valence electrons. The average Bonchev–Trinajstić information content (AvgIpc) is 2.82. The maximum absolute atomic E-state index is 12.5. The zero-order valence-electron chi connectivity index (χ0n) is 18.7. The Morgan fingerprint density at radius 1 is 0.903 bits per heavy atom. The molecule has 0 unspecified atom stereocenters. The summed E-state index contributed by atoms with van der Waals surface area (Å²) in [4.78, 5) is 16.1. The van der Waals surface area contributed by atoms with Crippen LogP contribution in [-0.4, -0.2) is 67.1 Å². The number of nitrogens with zero attached hydrogens (tertiary/aromatic N) is 1. The van der Waals surface area contributed by atoms with Gasteiger partial charge in [0.1, 0.15) is 11.5 Å². The number of anilines is 1. The summed E-state index contributed by atoms with van der Waals surface area (Å²) in [6.07, 6.45) is 0. The Bertz CT molecular complexity index is 864. The van der Waals surface area contributed by atoms with Gasteiger partial charge in [-0.2, -0.15) is 0 Å². The van der Waals surface area contributed by atoms with E-state index in [1.807, 2.05) is 18.2 Å². The number of ether oxygens (including phenoxy) is 4. The largest absolute Gasteiger partial charge is 0.497 e. The Kier molecular flexibility index (Phi) is 7.83. The summed E-state index contributed by atoms with van der Waals surface area (Å²) in [6.45, 7) is 4.48. The SMILES string of the molecule is COc1ccc(N2CC[NH+](CC(=O)NCc3cc(OC)c(OC)cc3OC)CC2)cc1. The Hall–Kier alpha value is -3.13. The molecule has 1 amide bonds. The van der Waals surface area contributed by atoms with Crippen molar-refractivity contribution in [3.05, 3.63) is 42.0 Å². The Labute approximate surface area is 183 Å². The van der Waals surface area contributed by atoms with Crippen LogP contribution in [0.5, 0.6) is 23.0 Å². The van der Waals surface area contributed by atoms with Gasteiger partial charge in [0.05, 0.1) is 54.6 Å². The minimum absolute atomic E-state index is 0.0183. The second-order valence-corrected chi connectivity index (χ2v) is 7.41. The van der Waals surface area contributed by atoms with Crippen molar-refractivity contribution in [2.24, 2.45) is 0 Å². The van der Waals surface area contributed by atoms with Crippen LogP contribution in [0, 0.1) is 0 Å². The maximum atomic E-state index is 12.5. The fourth-order valence-corrected chi connectivity index (χ4v) is 3.76. The minimum atomic E-state index is 0.0183. The number of piperazine rings is 1. The van der Waals surface area contributed by atoms with Crippen LogP contribution in [0.1, 0.15) is 5.56 Å². The van der Waals surface area contributed by atoms with E-state index in [2.05, 4.69) is 22.3 Å². The lowest BCUT2D eigenvalue weighted by molar-refractivity contribution is -0.892. The number of carbonyl (C=O) groups excluding carboxylic acids is 1. The predicted molar refractivity (Wildman–Crippen MR) is 119 cm³/mol. The van der Waals surface area contributed by atoms with Crippen LogP contribution >= 0.6 is 0 Å². The van der Waals surface area contributed by atoms with Crippen LogP contribution < -0.4 is 34.1 Å². The lowest BCUT2D eigenvalue weighted by atomic mass is 10.1. The predicted octanol–water partition coefficient (Wildman–Crippen LogP) is 0.742. The topological polar surface area (TPSA) is 73.7 Å². The molecular weight excluding hydrogens is 398 g/mol. The van der Waals surface area contributed by atoms with Crippen LogP contribution in [0.25, 0.3) is 0 Å². The van der Waals surface area contributed by atoms with Gasteiger partial charge in [0.2, 0.25) is 0 Å². The number of hydrogen-bond donors (Lipinski definition) is 2. The number of hydrogen-bond acceptors (Lipinski definition) is 6. The van der Waals surface area contributed by atoms with E-state index in [-0.39, 0.29) is 5.91 Å². The molecule has 1 heterocycles. The first-order valence-electron chi connectivity index (χ1n) is 10.4. The molecule has 0 spiro atoms. The highest BCUT2D eigenvalue weighted by Crippen LogP contribution is 2.34. The lowest BCUT2D eigenvalue weighted by Crippen LogP contribution is -3.15. The van der Waals surface area contributed by atoms with Gasteiger partial charge in [-0.05, 0) is 30.3 Å². The van der Waals surface area contributed by atoms with Crippen molar-refractivity contribution in [2.45, 2.75) is 6.54 Å². The van der Waals surface area contributed by atoms with Crippen molar-refractivity contribution in [3.63, 3.8) is 0 Å². The van der Waals surface area contributed by atoms with E-state index < -0.39 is 0 Å². The van der Waals surface area contributed by atoms with Crippen molar-refractivity contribution in [1.82, 2.24) is 5.32 Å². The molecule has 0 atom stereocenters. The average molecular weight is 431 g/mol. The smallest absolute Gasteiger partial charge is 0.275 e. The molecule has 0 aromatic heterocycles. The minimum Gasteiger partial charge on any atom is -0.497 e. The van der Waals surface area contributed by atoms with E-state index in [1.165, 1.54) is 10.6 Å². The van der Waals surface area contributed by atoms with Crippen molar-refractivity contribution < 1.29 is 28.6 Å². The van der Waals surface area contributed by atoms with Gasteiger partial charge in [0.15, 0.2) is 18.0 Å². The summed E-state index contributed by atoms with van der Waals surface area (Å²) in [5.41, 5.74) is 2.03. The molecule has 2 aromatic carbocycles. The van der Waals surface area contributed by atoms with E-state index in [9.17, 15) is 4.79 Å². The van der Waals surface area contributed by atoms with Gasteiger partial charge in [0, 0.05) is 23.9 Å². The summed E-state index contributed by atoms with van der Waals surface area (Å²) < 4.78 is 21.3. The van der Waals surface area contributed by atoms with E-state index in [4.69, 9.17) is 18.9 Å². The first kappa shape index (κ1) is 22.6. The molecule has 1 saturated heterocycles. The van der Waals surface area contributed by atoms with Gasteiger partial charge in [-0.3, -0.25) is 4.79 Å². The highest BCUT2D eigenvalue weighted by molar-refractivity contribution is 5.77. The third kappa shape index (κ3) is 5.73. The number of carbonyl (C=O) groups is 1. The second-order valence-electron chi connectivity index (χ2n) is 7.41. The van der Waals surface area contributed by atoms with Crippen LogP contribution in [-0.2, 0) is 11.3 Å². The third-order valence-corrected chi connectivity index (χ3v) is 5.58. The van der Waals surface area contributed by atoms with Crippen molar-refractivity contribution in [2.75, 3.05) is 66.1 Å². The molecule has 0 aliphatic carbocycles. The van der Waals surface area contributed by atoms with E-state index >= 15 is 0 Å². The first-order valence-corrected chi connectivity index (χ1v) is 10.4. The van der Waals surface area contributed by atoms with Crippen LogP contribution in [0.3, 0.4) is 0 Å².